The molecule has 1 aliphatic rings. The van der Waals surface area contributed by atoms with Crippen molar-refractivity contribution in [2.75, 3.05) is 31.6 Å². The van der Waals surface area contributed by atoms with Gasteiger partial charge in [-0.2, -0.15) is 4.31 Å². The van der Waals surface area contributed by atoms with Crippen LogP contribution in [-0.2, 0) is 19.6 Å². The highest BCUT2D eigenvalue weighted by Crippen LogP contribution is 2.24. The molecule has 3 aromatic carbocycles. The fourth-order valence-corrected chi connectivity index (χ4v) is 5.12. The molecular weight excluding hydrogens is 452 g/mol. The minimum atomic E-state index is -3.58. The Morgan fingerprint density at radius 3 is 2.18 bits per heavy atom. The monoisotopic (exact) mass is 480 g/mol. The highest BCUT2D eigenvalue weighted by molar-refractivity contribution is 7.89. The lowest BCUT2D eigenvalue weighted by molar-refractivity contribution is -0.122. The van der Waals surface area contributed by atoms with E-state index in [0.717, 1.165) is 11.1 Å². The number of carbonyl (C=O) groups excluding carboxylic acids is 1. The van der Waals surface area contributed by atoms with Gasteiger partial charge < -0.3 is 14.8 Å². The van der Waals surface area contributed by atoms with Crippen LogP contribution < -0.4 is 10.1 Å². The third-order valence-corrected chi connectivity index (χ3v) is 7.55. The van der Waals surface area contributed by atoms with Crippen molar-refractivity contribution in [3.05, 3.63) is 78.9 Å². The van der Waals surface area contributed by atoms with Crippen molar-refractivity contribution in [3.63, 3.8) is 0 Å². The number of amides is 1. The van der Waals surface area contributed by atoms with Crippen molar-refractivity contribution < 1.29 is 22.7 Å². The first-order valence-electron chi connectivity index (χ1n) is 11.3. The van der Waals surface area contributed by atoms with E-state index in [0.29, 0.717) is 44.2 Å². The zero-order valence-electron chi connectivity index (χ0n) is 19.0. The molecule has 0 saturated carbocycles. The van der Waals surface area contributed by atoms with Gasteiger partial charge in [-0.3, -0.25) is 4.79 Å². The van der Waals surface area contributed by atoms with Crippen LogP contribution in [0.4, 0.5) is 5.69 Å². The molecule has 0 bridgehead atoms. The number of nitrogens with zero attached hydrogens (tertiary/aromatic N) is 1. The van der Waals surface area contributed by atoms with Crippen molar-refractivity contribution in [2.45, 2.75) is 24.3 Å². The van der Waals surface area contributed by atoms with Crippen molar-refractivity contribution in [2.24, 2.45) is 0 Å². The van der Waals surface area contributed by atoms with E-state index in [1.807, 2.05) is 61.5 Å². The first-order chi connectivity index (χ1) is 16.5. The van der Waals surface area contributed by atoms with E-state index in [4.69, 9.17) is 9.47 Å². The second-order valence-electron chi connectivity index (χ2n) is 7.94. The summed E-state index contributed by atoms with van der Waals surface area (Å²) in [5.41, 5.74) is 2.68. The lowest BCUT2D eigenvalue weighted by atomic mass is 10.1. The van der Waals surface area contributed by atoms with Crippen LogP contribution in [0.25, 0.3) is 11.1 Å². The highest BCUT2D eigenvalue weighted by atomic mass is 32.2. The van der Waals surface area contributed by atoms with Gasteiger partial charge in [-0.1, -0.05) is 49.4 Å². The van der Waals surface area contributed by atoms with Gasteiger partial charge in [0.05, 0.1) is 18.1 Å². The second-order valence-corrected chi connectivity index (χ2v) is 9.87. The predicted octanol–water partition coefficient (Wildman–Crippen LogP) is 4.17. The minimum absolute atomic E-state index is 0.189. The number of morpholine rings is 1. The third kappa shape index (κ3) is 5.64. The van der Waals surface area contributed by atoms with Crippen molar-refractivity contribution in [3.8, 4) is 16.9 Å². The lowest BCUT2D eigenvalue weighted by Crippen LogP contribution is -2.40. The molecule has 1 fully saturated rings. The van der Waals surface area contributed by atoms with E-state index in [2.05, 4.69) is 5.32 Å². The first kappa shape index (κ1) is 23.9. The molecule has 1 saturated heterocycles. The molecule has 7 nitrogen and oxygen atoms in total. The smallest absolute Gasteiger partial charge is 0.265 e. The van der Waals surface area contributed by atoms with E-state index < -0.39 is 16.1 Å². The molecule has 1 aliphatic heterocycles. The Bertz CT molecular complexity index is 1190. The van der Waals surface area contributed by atoms with Gasteiger partial charge in [0.15, 0.2) is 6.10 Å². The Morgan fingerprint density at radius 2 is 1.56 bits per heavy atom. The Morgan fingerprint density at radius 1 is 0.941 bits per heavy atom. The minimum Gasteiger partial charge on any atom is -0.481 e. The van der Waals surface area contributed by atoms with Crippen LogP contribution in [0.15, 0.2) is 83.8 Å². The van der Waals surface area contributed by atoms with Crippen LogP contribution in [0.1, 0.15) is 13.3 Å². The zero-order chi connectivity index (χ0) is 24.0. The quantitative estimate of drug-likeness (QED) is 0.523. The summed E-state index contributed by atoms with van der Waals surface area (Å²) in [6.45, 7) is 3.33. The Kier molecular flexibility index (Phi) is 7.62. The molecule has 3 aromatic rings. The van der Waals surface area contributed by atoms with E-state index in [-0.39, 0.29) is 10.8 Å². The maximum absolute atomic E-state index is 12.8. The summed E-state index contributed by atoms with van der Waals surface area (Å²) in [6.07, 6.45) is -0.199. The Balaban J connectivity index is 1.38. The number of rotatable bonds is 8. The third-order valence-electron chi connectivity index (χ3n) is 5.63. The molecule has 8 heteroatoms. The van der Waals surface area contributed by atoms with Gasteiger partial charge in [-0.15, -0.1) is 0 Å². The molecule has 0 spiro atoms. The van der Waals surface area contributed by atoms with Crippen molar-refractivity contribution in [1.29, 1.82) is 0 Å². The van der Waals surface area contributed by atoms with Crippen LogP contribution in [0.5, 0.6) is 5.75 Å². The summed E-state index contributed by atoms with van der Waals surface area (Å²) in [6, 6.07) is 23.8. The van der Waals surface area contributed by atoms with Crippen LogP contribution in [0.2, 0.25) is 0 Å². The number of sulfonamides is 1. The molecule has 0 radical (unpaired) electrons. The SMILES string of the molecule is CCC(Oc1ccc(-c2ccccc2)cc1)C(=O)Nc1ccc(S(=O)(=O)N2CCOCC2)cc1. The van der Waals surface area contributed by atoms with Crippen molar-refractivity contribution >= 4 is 21.6 Å². The second kappa shape index (κ2) is 10.8. The van der Waals surface area contributed by atoms with E-state index in [9.17, 15) is 13.2 Å². The van der Waals surface area contributed by atoms with Gasteiger partial charge in [-0.05, 0) is 53.9 Å². The molecule has 1 atom stereocenters. The molecule has 1 N–H and O–H groups in total. The Hall–Kier alpha value is -3.20. The molecule has 0 aliphatic carbocycles. The maximum Gasteiger partial charge on any atom is 0.265 e. The van der Waals surface area contributed by atoms with Crippen LogP contribution in [0.3, 0.4) is 0 Å². The number of nitrogens with one attached hydrogen (secondary N) is 1. The number of ether oxygens (including phenoxy) is 2. The number of benzene rings is 3. The summed E-state index contributed by atoms with van der Waals surface area (Å²) < 4.78 is 38.1. The van der Waals surface area contributed by atoms with Crippen LogP contribution in [0, 0.1) is 0 Å². The van der Waals surface area contributed by atoms with Crippen LogP contribution >= 0.6 is 0 Å². The van der Waals surface area contributed by atoms with Crippen molar-refractivity contribution in [1.82, 2.24) is 4.31 Å². The molecule has 34 heavy (non-hydrogen) atoms. The molecule has 0 aromatic heterocycles. The average Bonchev–Trinajstić information content (AvgIpc) is 2.89. The number of hydrogen-bond donors (Lipinski definition) is 1. The topological polar surface area (TPSA) is 84.9 Å². The van der Waals surface area contributed by atoms with Gasteiger partial charge in [-0.25, -0.2) is 8.42 Å². The predicted molar refractivity (Wildman–Crippen MR) is 131 cm³/mol. The molecule has 1 heterocycles. The standard InChI is InChI=1S/C26H28N2O5S/c1-2-25(33-23-12-8-21(9-13-23)20-6-4-3-5-7-20)26(29)27-22-10-14-24(15-11-22)34(30,31)28-16-18-32-19-17-28/h3-15,25H,2,16-19H2,1H3,(H,27,29). The van der Waals surface area contributed by atoms with Gasteiger partial charge in [0.25, 0.3) is 5.91 Å². The van der Waals surface area contributed by atoms with Crippen LogP contribution in [-0.4, -0.2) is 51.0 Å². The summed E-state index contributed by atoms with van der Waals surface area (Å²) in [5, 5.41) is 2.82. The highest BCUT2D eigenvalue weighted by Gasteiger charge is 2.26. The largest absolute Gasteiger partial charge is 0.481 e. The summed E-state index contributed by atoms with van der Waals surface area (Å²) in [7, 11) is -3.58. The fourth-order valence-electron chi connectivity index (χ4n) is 3.71. The molecular formula is C26H28N2O5S. The van der Waals surface area contributed by atoms with E-state index in [1.165, 1.54) is 16.4 Å². The molecule has 4 rings (SSSR count). The summed E-state index contributed by atoms with van der Waals surface area (Å²) >= 11 is 0. The molecule has 178 valence electrons. The Labute approximate surface area is 200 Å². The average molecular weight is 481 g/mol. The summed E-state index contributed by atoms with van der Waals surface area (Å²) in [4.78, 5) is 13.0. The van der Waals surface area contributed by atoms with Gasteiger partial charge in [0, 0.05) is 18.8 Å². The number of carbonyl (C=O) groups is 1. The van der Waals surface area contributed by atoms with Gasteiger partial charge in [0.1, 0.15) is 5.75 Å². The fraction of sp³-hybridized carbons (Fsp3) is 0.269. The lowest BCUT2D eigenvalue weighted by Gasteiger charge is -2.26. The zero-order valence-corrected chi connectivity index (χ0v) is 19.8. The molecule has 1 amide bonds. The molecule has 1 unspecified atom stereocenters. The van der Waals surface area contributed by atoms with Gasteiger partial charge >= 0.3 is 0 Å². The number of anilines is 1. The van der Waals surface area contributed by atoms with E-state index in [1.54, 1.807) is 12.1 Å². The normalized spacial score (nSPS) is 15.4. The van der Waals surface area contributed by atoms with Gasteiger partial charge in [0.2, 0.25) is 10.0 Å². The first-order valence-corrected chi connectivity index (χ1v) is 12.7. The maximum atomic E-state index is 12.8. The summed E-state index contributed by atoms with van der Waals surface area (Å²) in [5.74, 6) is 0.312. The van der Waals surface area contributed by atoms with E-state index >= 15 is 0 Å². The number of hydrogen-bond acceptors (Lipinski definition) is 5.